The minimum atomic E-state index is 0.281. The lowest BCUT2D eigenvalue weighted by molar-refractivity contribution is 0.499. The lowest BCUT2D eigenvalue weighted by Gasteiger charge is -2.16. The van der Waals surface area contributed by atoms with E-state index in [2.05, 4.69) is 33.2 Å². The Morgan fingerprint density at radius 2 is 2.47 bits per heavy atom. The van der Waals surface area contributed by atoms with Gasteiger partial charge in [0.1, 0.15) is 0 Å². The predicted molar refractivity (Wildman–Crippen MR) is 73.3 cm³/mol. The highest BCUT2D eigenvalue weighted by atomic mass is 79.9. The summed E-state index contributed by atoms with van der Waals surface area (Å²) < 4.78 is 6.12. The summed E-state index contributed by atoms with van der Waals surface area (Å²) in [6, 6.07) is 2.29. The van der Waals surface area contributed by atoms with E-state index >= 15 is 0 Å². The van der Waals surface area contributed by atoms with Crippen molar-refractivity contribution >= 4 is 27.3 Å². The fourth-order valence-electron chi connectivity index (χ4n) is 1.71. The molecule has 0 saturated carbocycles. The highest BCUT2D eigenvalue weighted by Gasteiger charge is 2.17. The van der Waals surface area contributed by atoms with Crippen LogP contribution in [-0.4, -0.2) is 11.5 Å². The summed E-state index contributed by atoms with van der Waals surface area (Å²) in [6.45, 7) is 3.17. The molecular weight excluding hydrogens is 300 g/mol. The van der Waals surface area contributed by atoms with E-state index in [9.17, 15) is 0 Å². The maximum atomic E-state index is 5.31. The zero-order valence-corrected chi connectivity index (χ0v) is 12.1. The number of nitrogens with zero attached hydrogens (tertiary/aromatic N) is 1. The van der Waals surface area contributed by atoms with Crippen molar-refractivity contribution < 1.29 is 4.42 Å². The van der Waals surface area contributed by atoms with Crippen LogP contribution in [0, 0.1) is 0 Å². The number of furan rings is 1. The summed E-state index contributed by atoms with van der Waals surface area (Å²) in [7, 11) is 0. The van der Waals surface area contributed by atoms with E-state index in [4.69, 9.17) is 4.42 Å². The van der Waals surface area contributed by atoms with Crippen LogP contribution in [0.25, 0.3) is 0 Å². The fourth-order valence-corrected chi connectivity index (χ4v) is 2.87. The Morgan fingerprint density at radius 1 is 1.59 bits per heavy atom. The van der Waals surface area contributed by atoms with Gasteiger partial charge in [0.25, 0.3) is 0 Å². The maximum Gasteiger partial charge on any atom is 0.173 e. The van der Waals surface area contributed by atoms with Crippen LogP contribution in [-0.2, 0) is 6.42 Å². The zero-order valence-electron chi connectivity index (χ0n) is 9.65. The number of hydrogen-bond acceptors (Lipinski definition) is 4. The van der Waals surface area contributed by atoms with Crippen molar-refractivity contribution in [3.05, 3.63) is 39.1 Å². The molecule has 0 aliphatic carbocycles. The monoisotopic (exact) mass is 314 g/mol. The molecule has 2 aromatic heterocycles. The molecule has 0 aliphatic heterocycles. The molecule has 2 heterocycles. The van der Waals surface area contributed by atoms with Crippen molar-refractivity contribution in [3.8, 4) is 0 Å². The van der Waals surface area contributed by atoms with Gasteiger partial charge in [-0.3, -0.25) is 4.98 Å². The topological polar surface area (TPSA) is 38.1 Å². The van der Waals surface area contributed by atoms with E-state index in [1.54, 1.807) is 17.6 Å². The smallest absolute Gasteiger partial charge is 0.173 e. The quantitative estimate of drug-likeness (QED) is 0.881. The van der Waals surface area contributed by atoms with Gasteiger partial charge in [0.15, 0.2) is 4.67 Å². The first-order chi connectivity index (χ1) is 8.31. The third-order valence-electron chi connectivity index (χ3n) is 2.55. The van der Waals surface area contributed by atoms with Gasteiger partial charge in [0, 0.05) is 29.1 Å². The maximum absolute atomic E-state index is 5.31. The van der Waals surface area contributed by atoms with Crippen LogP contribution in [0.15, 0.2) is 33.1 Å². The van der Waals surface area contributed by atoms with Gasteiger partial charge in [-0.15, -0.1) is 11.3 Å². The number of nitrogens with one attached hydrogen (secondary N) is 1. The lowest BCUT2D eigenvalue weighted by atomic mass is 10.1. The Kier molecular flexibility index (Phi) is 4.76. The summed E-state index contributed by atoms with van der Waals surface area (Å²) in [5.41, 5.74) is 3.04. The van der Waals surface area contributed by atoms with Crippen LogP contribution < -0.4 is 5.32 Å². The molecular formula is C12H15BrN2OS. The molecule has 5 heteroatoms. The summed E-state index contributed by atoms with van der Waals surface area (Å²) >= 11 is 5.13. The van der Waals surface area contributed by atoms with Crippen LogP contribution in [0.2, 0.25) is 0 Å². The lowest BCUT2D eigenvalue weighted by Crippen LogP contribution is -2.23. The molecule has 0 aliphatic rings. The second-order valence-corrected chi connectivity index (χ2v) is 5.52. The van der Waals surface area contributed by atoms with Gasteiger partial charge in [0.05, 0.1) is 11.8 Å². The Balaban J connectivity index is 2.11. The van der Waals surface area contributed by atoms with Crippen molar-refractivity contribution in [2.24, 2.45) is 0 Å². The van der Waals surface area contributed by atoms with E-state index in [1.165, 1.54) is 10.4 Å². The summed E-state index contributed by atoms with van der Waals surface area (Å²) in [4.78, 5) is 5.40. The Morgan fingerprint density at radius 3 is 3.06 bits per heavy atom. The molecule has 1 N–H and O–H groups in total. The van der Waals surface area contributed by atoms with Gasteiger partial charge in [-0.25, -0.2) is 0 Å². The largest absolute Gasteiger partial charge is 0.457 e. The summed E-state index contributed by atoms with van der Waals surface area (Å²) in [6.07, 6.45) is 5.71. The fraction of sp³-hybridized carbons (Fsp3) is 0.417. The molecule has 0 amide bonds. The van der Waals surface area contributed by atoms with Gasteiger partial charge in [-0.1, -0.05) is 6.92 Å². The normalized spacial score (nSPS) is 12.8. The van der Waals surface area contributed by atoms with Gasteiger partial charge >= 0.3 is 0 Å². The minimum Gasteiger partial charge on any atom is -0.457 e. The molecule has 0 saturated heterocycles. The first-order valence-electron chi connectivity index (χ1n) is 5.65. The zero-order chi connectivity index (χ0) is 12.1. The number of aromatic nitrogens is 1. The molecule has 0 bridgehead atoms. The molecule has 0 aromatic carbocycles. The Bertz CT molecular complexity index is 441. The van der Waals surface area contributed by atoms with Crippen LogP contribution in [0.5, 0.6) is 0 Å². The third kappa shape index (κ3) is 3.40. The first kappa shape index (κ1) is 12.8. The van der Waals surface area contributed by atoms with E-state index in [0.29, 0.717) is 0 Å². The predicted octanol–water partition coefficient (Wildman–Crippen LogP) is 3.78. The number of rotatable bonds is 6. The molecule has 1 unspecified atom stereocenters. The molecule has 3 nitrogen and oxygen atoms in total. The average molecular weight is 315 g/mol. The van der Waals surface area contributed by atoms with E-state index in [0.717, 1.165) is 24.1 Å². The molecule has 2 aromatic rings. The Hall–Kier alpha value is -0.650. The van der Waals surface area contributed by atoms with Crippen LogP contribution in [0.1, 0.15) is 29.8 Å². The second-order valence-electron chi connectivity index (χ2n) is 3.83. The average Bonchev–Trinajstić information content (AvgIpc) is 2.95. The van der Waals surface area contributed by atoms with Gasteiger partial charge in [0.2, 0.25) is 0 Å². The van der Waals surface area contributed by atoms with Gasteiger partial charge in [-0.05, 0) is 35.0 Å². The number of halogens is 1. The molecule has 92 valence electrons. The van der Waals surface area contributed by atoms with Crippen molar-refractivity contribution in [1.82, 2.24) is 10.3 Å². The first-order valence-corrected chi connectivity index (χ1v) is 7.32. The van der Waals surface area contributed by atoms with Gasteiger partial charge in [-0.2, -0.15) is 0 Å². The van der Waals surface area contributed by atoms with E-state index in [1.807, 2.05) is 17.8 Å². The molecule has 17 heavy (non-hydrogen) atoms. The summed E-state index contributed by atoms with van der Waals surface area (Å²) in [5, 5.41) is 3.54. The molecule has 2 rings (SSSR count). The van der Waals surface area contributed by atoms with Crippen LogP contribution in [0.4, 0.5) is 0 Å². The van der Waals surface area contributed by atoms with Crippen molar-refractivity contribution in [2.75, 3.05) is 6.54 Å². The van der Waals surface area contributed by atoms with Gasteiger partial charge < -0.3 is 9.73 Å². The second kappa shape index (κ2) is 6.33. The van der Waals surface area contributed by atoms with Crippen molar-refractivity contribution in [2.45, 2.75) is 25.8 Å². The van der Waals surface area contributed by atoms with Crippen LogP contribution >= 0.6 is 27.3 Å². The Labute approximate surface area is 113 Å². The molecule has 0 fully saturated rings. The molecule has 1 atom stereocenters. The highest BCUT2D eigenvalue weighted by Crippen LogP contribution is 2.28. The van der Waals surface area contributed by atoms with E-state index < -0.39 is 0 Å². The van der Waals surface area contributed by atoms with Crippen LogP contribution in [0.3, 0.4) is 0 Å². The minimum absolute atomic E-state index is 0.281. The summed E-state index contributed by atoms with van der Waals surface area (Å²) in [5.74, 6) is 0. The van der Waals surface area contributed by atoms with Crippen molar-refractivity contribution in [3.63, 3.8) is 0 Å². The van der Waals surface area contributed by atoms with Crippen molar-refractivity contribution in [1.29, 1.82) is 0 Å². The molecule has 0 spiro atoms. The third-order valence-corrected chi connectivity index (χ3v) is 4.00. The number of thiazole rings is 1. The highest BCUT2D eigenvalue weighted by molar-refractivity contribution is 9.10. The SMILES string of the molecule is CCCNC(Cc1cncs1)c1ccoc1Br. The van der Waals surface area contributed by atoms with E-state index in [-0.39, 0.29) is 6.04 Å². The molecule has 0 radical (unpaired) electrons. The number of hydrogen-bond donors (Lipinski definition) is 1. The standard InChI is InChI=1S/C12H15BrN2OS/c1-2-4-15-11(6-9-7-14-8-17-9)10-3-5-16-12(10)13/h3,5,7-8,11,15H,2,4,6H2,1H3.